The maximum Gasteiger partial charge on any atom is 0.257 e. The van der Waals surface area contributed by atoms with Crippen molar-refractivity contribution in [2.45, 2.75) is 45.4 Å². The van der Waals surface area contributed by atoms with E-state index in [0.717, 1.165) is 48.7 Å². The molecule has 4 heterocycles. The first kappa shape index (κ1) is 22.5. The molecule has 2 unspecified atom stereocenters. The Morgan fingerprint density at radius 3 is 2.81 bits per heavy atom. The molecule has 0 aliphatic heterocycles. The predicted molar refractivity (Wildman–Crippen MR) is 137 cm³/mol. The van der Waals surface area contributed by atoms with E-state index in [4.69, 9.17) is 0 Å². The topological polar surface area (TPSA) is 118 Å². The fourth-order valence-corrected chi connectivity index (χ4v) is 5.80. The maximum atomic E-state index is 13.2. The molecule has 3 N–H and O–H groups in total. The van der Waals surface area contributed by atoms with Crippen molar-refractivity contribution >= 4 is 34.2 Å². The van der Waals surface area contributed by atoms with E-state index < -0.39 is 0 Å². The molecule has 0 radical (unpaired) electrons. The average Bonchev–Trinajstić information content (AvgIpc) is 3.57. The molecule has 0 saturated heterocycles. The third-order valence-electron chi connectivity index (χ3n) is 7.80. The minimum absolute atomic E-state index is 0.0826. The van der Waals surface area contributed by atoms with Crippen LogP contribution in [0.5, 0.6) is 0 Å². The molecule has 2 amide bonds. The maximum absolute atomic E-state index is 13.2. The fourth-order valence-electron chi connectivity index (χ4n) is 5.80. The van der Waals surface area contributed by atoms with Gasteiger partial charge in [0.05, 0.1) is 40.7 Å². The van der Waals surface area contributed by atoms with E-state index in [-0.39, 0.29) is 17.2 Å². The van der Waals surface area contributed by atoms with Crippen LogP contribution in [0.1, 0.15) is 54.6 Å². The second-order valence-corrected chi connectivity index (χ2v) is 10.3. The number of rotatable bonds is 5. The number of hydrogen-bond donors (Lipinski definition) is 3. The number of H-pyrrole nitrogens is 1. The second-order valence-electron chi connectivity index (χ2n) is 10.3. The Hall–Kier alpha value is -4.01. The van der Waals surface area contributed by atoms with Crippen molar-refractivity contribution in [3.05, 3.63) is 54.2 Å². The van der Waals surface area contributed by atoms with Crippen molar-refractivity contribution in [1.82, 2.24) is 24.7 Å². The lowest BCUT2D eigenvalue weighted by molar-refractivity contribution is -0.126. The van der Waals surface area contributed by atoms with Crippen molar-refractivity contribution < 1.29 is 9.59 Å². The van der Waals surface area contributed by atoms with Gasteiger partial charge in [0.1, 0.15) is 5.65 Å². The van der Waals surface area contributed by atoms with Crippen molar-refractivity contribution in [3.63, 3.8) is 0 Å². The molecule has 4 aromatic heterocycles. The van der Waals surface area contributed by atoms with Crippen LogP contribution in [0.3, 0.4) is 0 Å². The molecule has 9 nitrogen and oxygen atoms in total. The van der Waals surface area contributed by atoms with Gasteiger partial charge >= 0.3 is 0 Å². The molecular weight excluding hydrogens is 454 g/mol. The van der Waals surface area contributed by atoms with Gasteiger partial charge in [0, 0.05) is 35.8 Å². The number of nitrogens with one attached hydrogen (secondary N) is 3. The van der Waals surface area contributed by atoms with E-state index in [1.165, 1.54) is 6.42 Å². The van der Waals surface area contributed by atoms with E-state index in [2.05, 4.69) is 30.7 Å². The summed E-state index contributed by atoms with van der Waals surface area (Å²) in [6.07, 6.45) is 13.3. The van der Waals surface area contributed by atoms with Crippen LogP contribution in [0.25, 0.3) is 22.3 Å². The Labute approximate surface area is 208 Å². The lowest BCUT2D eigenvalue weighted by Gasteiger charge is -2.31. The van der Waals surface area contributed by atoms with Crippen LogP contribution in [0, 0.1) is 18.3 Å². The van der Waals surface area contributed by atoms with Gasteiger partial charge in [-0.25, -0.2) is 4.98 Å². The summed E-state index contributed by atoms with van der Waals surface area (Å²) in [7, 11) is 1.86. The molecule has 0 spiro atoms. The molecule has 2 atom stereocenters. The van der Waals surface area contributed by atoms with Crippen LogP contribution < -0.4 is 10.6 Å². The molecule has 4 aromatic rings. The number of pyridine rings is 2. The number of aromatic nitrogens is 5. The van der Waals surface area contributed by atoms with Crippen LogP contribution in [0.15, 0.2) is 43.0 Å². The van der Waals surface area contributed by atoms with Gasteiger partial charge in [0.2, 0.25) is 5.91 Å². The molecule has 2 aliphatic rings. The molecule has 6 rings (SSSR count). The van der Waals surface area contributed by atoms with E-state index in [1.807, 2.05) is 26.2 Å². The number of hydrogen-bond acceptors (Lipinski definition) is 5. The summed E-state index contributed by atoms with van der Waals surface area (Å²) < 4.78 is 1.74. The molecule has 184 valence electrons. The highest BCUT2D eigenvalue weighted by Crippen LogP contribution is 2.51. The smallest absolute Gasteiger partial charge is 0.257 e. The lowest BCUT2D eigenvalue weighted by atomic mass is 9.75. The summed E-state index contributed by atoms with van der Waals surface area (Å²) in [5.74, 6) is 0.479. The highest BCUT2D eigenvalue weighted by Gasteiger charge is 2.47. The molecule has 9 heteroatoms. The van der Waals surface area contributed by atoms with Crippen molar-refractivity contribution in [3.8, 4) is 11.3 Å². The van der Waals surface area contributed by atoms with Crippen LogP contribution in [-0.4, -0.2) is 36.5 Å². The van der Waals surface area contributed by atoms with Gasteiger partial charge in [-0.15, -0.1) is 0 Å². The molecule has 2 fully saturated rings. The van der Waals surface area contributed by atoms with E-state index >= 15 is 0 Å². The van der Waals surface area contributed by atoms with Gasteiger partial charge in [-0.3, -0.25) is 19.3 Å². The normalized spacial score (nSPS) is 21.0. The first-order chi connectivity index (χ1) is 17.4. The quantitative estimate of drug-likeness (QED) is 0.376. The Balaban J connectivity index is 1.19. The molecule has 0 aromatic carbocycles. The van der Waals surface area contributed by atoms with Crippen molar-refractivity contribution in [2.24, 2.45) is 18.4 Å². The summed E-state index contributed by atoms with van der Waals surface area (Å²) in [5.41, 5.74) is 4.56. The van der Waals surface area contributed by atoms with E-state index in [0.29, 0.717) is 34.2 Å². The zero-order chi connectivity index (χ0) is 24.9. The number of amides is 2. The summed E-state index contributed by atoms with van der Waals surface area (Å²) in [5, 5.41) is 11.1. The van der Waals surface area contributed by atoms with Gasteiger partial charge in [0.25, 0.3) is 5.91 Å². The van der Waals surface area contributed by atoms with Gasteiger partial charge in [-0.1, -0.05) is 12.8 Å². The van der Waals surface area contributed by atoms with Crippen LogP contribution >= 0.6 is 0 Å². The Morgan fingerprint density at radius 2 is 1.97 bits per heavy atom. The largest absolute Gasteiger partial charge is 0.339 e. The molecule has 36 heavy (non-hydrogen) atoms. The second kappa shape index (κ2) is 8.58. The minimum Gasteiger partial charge on any atom is -0.339 e. The summed E-state index contributed by atoms with van der Waals surface area (Å²) in [6.45, 7) is 1.83. The van der Waals surface area contributed by atoms with E-state index in [1.54, 1.807) is 35.4 Å². The number of aromatic amines is 1. The SMILES string of the molecule is Cc1ncc(NC(=O)C23CCCC(CC2)C3)cc1NC(=O)c1cnc2[nH]c(-c3cnn(C)c3)cc2c1. The zero-order valence-electron chi connectivity index (χ0n) is 20.5. The Bertz CT molecular complexity index is 1480. The monoisotopic (exact) mass is 483 g/mol. The number of carbonyl (C=O) groups is 2. The fraction of sp³-hybridized carbons (Fsp3) is 0.370. The summed E-state index contributed by atoms with van der Waals surface area (Å²) in [6, 6.07) is 5.55. The van der Waals surface area contributed by atoms with Crippen LogP contribution in [0.2, 0.25) is 0 Å². The molecule has 2 bridgehead atoms. The molecular formula is C27H29N7O2. The van der Waals surface area contributed by atoms with Gasteiger partial charge in [-0.2, -0.15) is 5.10 Å². The third kappa shape index (κ3) is 4.04. The number of fused-ring (bicyclic) bond motifs is 3. The van der Waals surface area contributed by atoms with Gasteiger partial charge in [0.15, 0.2) is 0 Å². The van der Waals surface area contributed by atoms with Gasteiger partial charge in [-0.05, 0) is 56.7 Å². The predicted octanol–water partition coefficient (Wildman–Crippen LogP) is 4.83. The van der Waals surface area contributed by atoms with Gasteiger partial charge < -0.3 is 15.6 Å². The standard InChI is InChI=1S/C27H29N7O2/c1-16-22(10-21(14-28-16)31-26(36)27-6-3-4-17(11-27)5-7-27)33-25(35)19-8-18-9-23(32-24(18)29-12-19)20-13-30-34(2)15-20/h8-10,12-15,17H,3-7,11H2,1-2H3,(H,29,32)(H,31,36)(H,33,35). The summed E-state index contributed by atoms with van der Waals surface area (Å²) in [4.78, 5) is 38.4. The molecule has 2 aliphatic carbocycles. The Kier molecular flexibility index (Phi) is 5.35. The zero-order valence-corrected chi connectivity index (χ0v) is 20.5. The lowest BCUT2D eigenvalue weighted by Crippen LogP contribution is -2.35. The van der Waals surface area contributed by atoms with Crippen molar-refractivity contribution in [2.75, 3.05) is 10.6 Å². The number of anilines is 2. The highest BCUT2D eigenvalue weighted by atomic mass is 16.2. The molecule has 2 saturated carbocycles. The first-order valence-corrected chi connectivity index (χ1v) is 12.5. The number of aryl methyl sites for hydroxylation is 2. The van der Waals surface area contributed by atoms with Crippen LogP contribution in [-0.2, 0) is 11.8 Å². The summed E-state index contributed by atoms with van der Waals surface area (Å²) >= 11 is 0. The highest BCUT2D eigenvalue weighted by molar-refractivity contribution is 6.06. The third-order valence-corrected chi connectivity index (χ3v) is 7.80. The number of carbonyl (C=O) groups excluding carboxylic acids is 2. The number of nitrogens with zero attached hydrogens (tertiary/aromatic N) is 4. The average molecular weight is 484 g/mol. The van der Waals surface area contributed by atoms with Crippen molar-refractivity contribution in [1.29, 1.82) is 0 Å². The minimum atomic E-state index is -0.286. The first-order valence-electron chi connectivity index (χ1n) is 12.5. The van der Waals surface area contributed by atoms with E-state index in [9.17, 15) is 9.59 Å². The Morgan fingerprint density at radius 1 is 1.08 bits per heavy atom. The van der Waals surface area contributed by atoms with Crippen LogP contribution in [0.4, 0.5) is 11.4 Å².